The molecule has 3 amide bonds. The van der Waals surface area contributed by atoms with Crippen LogP contribution in [0.1, 0.15) is 33.6 Å². The van der Waals surface area contributed by atoms with Crippen LogP contribution in [-0.2, 0) is 14.4 Å². The number of piperidine rings is 1. The number of likely N-dealkylation sites (tertiary alicyclic amines) is 1. The summed E-state index contributed by atoms with van der Waals surface area (Å²) in [6.07, 6.45) is 1.29. The van der Waals surface area contributed by atoms with Crippen LogP contribution in [0.15, 0.2) is 24.3 Å². The van der Waals surface area contributed by atoms with Crippen LogP contribution in [0.25, 0.3) is 0 Å². The van der Waals surface area contributed by atoms with Crippen LogP contribution in [0.2, 0.25) is 0 Å². The zero-order chi connectivity index (χ0) is 17.7. The highest BCUT2D eigenvalue weighted by Crippen LogP contribution is 2.59. The van der Waals surface area contributed by atoms with Crippen molar-refractivity contribution in [3.63, 3.8) is 0 Å². The Morgan fingerprint density at radius 3 is 2.62 bits per heavy atom. The molecule has 1 saturated carbocycles. The number of rotatable bonds is 3. The van der Waals surface area contributed by atoms with Gasteiger partial charge in [0.05, 0.1) is 11.1 Å². The van der Waals surface area contributed by atoms with Gasteiger partial charge in [0.2, 0.25) is 17.7 Å². The Kier molecular flexibility index (Phi) is 3.73. The van der Waals surface area contributed by atoms with Crippen molar-refractivity contribution in [2.24, 2.45) is 16.7 Å². The normalized spacial score (nSPS) is 28.2. The molecule has 6 heteroatoms. The molecule has 3 rings (SSSR count). The first kappa shape index (κ1) is 16.6. The fourth-order valence-electron chi connectivity index (χ4n) is 3.95. The number of para-hydroxylation sites is 1. The average molecular weight is 332 g/mol. The standard InChI is InChI=1S/C18H21FN2O3/c1-17(2)11-8-9-18(17,3)16(24)21(15(11)23)10-14(22)20-13-7-5-4-6-12(13)19/h4-7,11H,8-10H2,1-3H3,(H,20,22). The number of nitrogens with zero attached hydrogens (tertiary/aromatic N) is 1. The van der Waals surface area contributed by atoms with Crippen molar-refractivity contribution in [2.45, 2.75) is 33.6 Å². The molecule has 1 heterocycles. The molecule has 2 bridgehead atoms. The number of fused-ring (bicyclic) bond motifs is 2. The highest BCUT2D eigenvalue weighted by atomic mass is 19.1. The van der Waals surface area contributed by atoms with Gasteiger partial charge in [0.15, 0.2) is 0 Å². The summed E-state index contributed by atoms with van der Waals surface area (Å²) in [5, 5.41) is 2.42. The van der Waals surface area contributed by atoms with Gasteiger partial charge in [0.25, 0.3) is 0 Å². The number of hydrogen-bond acceptors (Lipinski definition) is 3. The number of anilines is 1. The molecule has 2 unspecified atom stereocenters. The van der Waals surface area contributed by atoms with Gasteiger partial charge >= 0.3 is 0 Å². The fourth-order valence-corrected chi connectivity index (χ4v) is 3.95. The lowest BCUT2D eigenvalue weighted by atomic mass is 9.62. The number of nitrogens with one attached hydrogen (secondary N) is 1. The van der Waals surface area contributed by atoms with E-state index in [4.69, 9.17) is 0 Å². The van der Waals surface area contributed by atoms with Crippen molar-refractivity contribution in [3.8, 4) is 0 Å². The fraction of sp³-hybridized carbons (Fsp3) is 0.500. The lowest BCUT2D eigenvalue weighted by Crippen LogP contribution is -2.60. The molecular formula is C18H21FN2O3. The summed E-state index contributed by atoms with van der Waals surface area (Å²) in [7, 11) is 0. The Morgan fingerprint density at radius 2 is 1.96 bits per heavy atom. The lowest BCUT2D eigenvalue weighted by Gasteiger charge is -2.47. The van der Waals surface area contributed by atoms with E-state index in [-0.39, 0.29) is 30.0 Å². The first-order chi connectivity index (χ1) is 11.2. The summed E-state index contributed by atoms with van der Waals surface area (Å²) in [6, 6.07) is 5.78. The average Bonchev–Trinajstić information content (AvgIpc) is 2.71. The van der Waals surface area contributed by atoms with Gasteiger partial charge in [-0.15, -0.1) is 0 Å². The van der Waals surface area contributed by atoms with Crippen LogP contribution in [0.3, 0.4) is 0 Å². The topological polar surface area (TPSA) is 66.5 Å². The third-order valence-corrected chi connectivity index (χ3v) is 5.96. The molecule has 128 valence electrons. The SMILES string of the molecule is CC12CCC(C(=O)N(CC(=O)Nc3ccccc3F)C1=O)C2(C)C. The lowest BCUT2D eigenvalue weighted by molar-refractivity contribution is -0.168. The van der Waals surface area contributed by atoms with Crippen molar-refractivity contribution in [1.29, 1.82) is 0 Å². The molecular weight excluding hydrogens is 311 g/mol. The summed E-state index contributed by atoms with van der Waals surface area (Å²) >= 11 is 0. The van der Waals surface area contributed by atoms with Gasteiger partial charge in [-0.25, -0.2) is 4.39 Å². The van der Waals surface area contributed by atoms with E-state index in [1.54, 1.807) is 6.07 Å². The predicted molar refractivity (Wildman–Crippen MR) is 86.4 cm³/mol. The highest BCUT2D eigenvalue weighted by molar-refractivity contribution is 6.07. The molecule has 5 nitrogen and oxygen atoms in total. The maximum Gasteiger partial charge on any atom is 0.244 e. The van der Waals surface area contributed by atoms with E-state index in [1.165, 1.54) is 18.2 Å². The Morgan fingerprint density at radius 1 is 1.29 bits per heavy atom. The molecule has 2 atom stereocenters. The van der Waals surface area contributed by atoms with Gasteiger partial charge in [-0.2, -0.15) is 0 Å². The van der Waals surface area contributed by atoms with Gasteiger partial charge in [0, 0.05) is 5.92 Å². The number of imide groups is 1. The Balaban J connectivity index is 1.79. The molecule has 2 aliphatic rings. The molecule has 1 aliphatic heterocycles. The van der Waals surface area contributed by atoms with Gasteiger partial charge < -0.3 is 5.32 Å². The maximum atomic E-state index is 13.6. The molecule has 1 aliphatic carbocycles. The molecule has 1 aromatic carbocycles. The summed E-state index contributed by atoms with van der Waals surface area (Å²) < 4.78 is 13.6. The van der Waals surface area contributed by atoms with E-state index in [0.717, 1.165) is 4.90 Å². The van der Waals surface area contributed by atoms with Gasteiger partial charge in [-0.05, 0) is 30.4 Å². The van der Waals surface area contributed by atoms with Crippen molar-refractivity contribution in [1.82, 2.24) is 4.90 Å². The van der Waals surface area contributed by atoms with Crippen LogP contribution in [0.5, 0.6) is 0 Å². The molecule has 0 aromatic heterocycles. The molecule has 0 radical (unpaired) electrons. The monoisotopic (exact) mass is 332 g/mol. The molecule has 0 spiro atoms. The zero-order valence-corrected chi connectivity index (χ0v) is 14.1. The Bertz CT molecular complexity index is 731. The van der Waals surface area contributed by atoms with Crippen LogP contribution >= 0.6 is 0 Å². The first-order valence-corrected chi connectivity index (χ1v) is 8.08. The van der Waals surface area contributed by atoms with Crippen molar-refractivity contribution in [2.75, 3.05) is 11.9 Å². The summed E-state index contributed by atoms with van der Waals surface area (Å²) in [6.45, 7) is 5.37. The molecule has 1 aromatic rings. The van der Waals surface area contributed by atoms with E-state index in [0.29, 0.717) is 12.8 Å². The molecule has 1 saturated heterocycles. The number of carbonyl (C=O) groups is 3. The number of amides is 3. The molecule has 24 heavy (non-hydrogen) atoms. The van der Waals surface area contributed by atoms with E-state index in [9.17, 15) is 18.8 Å². The second-order valence-electron chi connectivity index (χ2n) is 7.40. The number of hydrogen-bond donors (Lipinski definition) is 1. The van der Waals surface area contributed by atoms with Crippen LogP contribution in [-0.4, -0.2) is 29.2 Å². The first-order valence-electron chi connectivity index (χ1n) is 8.08. The van der Waals surface area contributed by atoms with Crippen molar-refractivity contribution >= 4 is 23.4 Å². The van der Waals surface area contributed by atoms with Crippen molar-refractivity contribution in [3.05, 3.63) is 30.1 Å². The van der Waals surface area contributed by atoms with Crippen molar-refractivity contribution < 1.29 is 18.8 Å². The second-order valence-corrected chi connectivity index (χ2v) is 7.40. The van der Waals surface area contributed by atoms with E-state index < -0.39 is 22.6 Å². The van der Waals surface area contributed by atoms with E-state index in [1.807, 2.05) is 20.8 Å². The highest BCUT2D eigenvalue weighted by Gasteiger charge is 2.64. The van der Waals surface area contributed by atoms with Crippen LogP contribution in [0.4, 0.5) is 10.1 Å². The minimum absolute atomic E-state index is 0.0360. The van der Waals surface area contributed by atoms with E-state index >= 15 is 0 Å². The third kappa shape index (κ3) is 2.24. The third-order valence-electron chi connectivity index (χ3n) is 5.96. The Labute approximate surface area is 140 Å². The van der Waals surface area contributed by atoms with Gasteiger partial charge in [0.1, 0.15) is 12.4 Å². The van der Waals surface area contributed by atoms with Gasteiger partial charge in [-0.3, -0.25) is 19.3 Å². The van der Waals surface area contributed by atoms with E-state index in [2.05, 4.69) is 5.32 Å². The molecule has 2 fully saturated rings. The number of halogens is 1. The summed E-state index contributed by atoms with van der Waals surface area (Å²) in [4.78, 5) is 38.7. The largest absolute Gasteiger partial charge is 0.322 e. The minimum Gasteiger partial charge on any atom is -0.322 e. The summed E-state index contributed by atoms with van der Waals surface area (Å²) in [5.41, 5.74) is -1.03. The Hall–Kier alpha value is -2.24. The van der Waals surface area contributed by atoms with Crippen LogP contribution in [0, 0.1) is 22.6 Å². The predicted octanol–water partition coefficient (Wildman–Crippen LogP) is 2.58. The second kappa shape index (κ2) is 5.40. The summed E-state index contributed by atoms with van der Waals surface area (Å²) in [5.74, 6) is -2.01. The molecule has 1 N–H and O–H groups in total. The number of carbonyl (C=O) groups excluding carboxylic acids is 3. The minimum atomic E-state index is -0.649. The quantitative estimate of drug-likeness (QED) is 0.865. The van der Waals surface area contributed by atoms with Gasteiger partial charge in [-0.1, -0.05) is 32.9 Å². The number of benzene rings is 1. The smallest absolute Gasteiger partial charge is 0.244 e. The van der Waals surface area contributed by atoms with Crippen LogP contribution < -0.4 is 5.32 Å². The maximum absolute atomic E-state index is 13.6. The zero-order valence-electron chi connectivity index (χ0n) is 14.1.